The molecule has 0 unspecified atom stereocenters. The molecule has 0 aromatic carbocycles. The zero-order chi connectivity index (χ0) is 16.9. The molecule has 3 heterocycles. The van der Waals surface area contributed by atoms with Crippen LogP contribution in [0.2, 0.25) is 8.67 Å². The Morgan fingerprint density at radius 1 is 1.21 bits per heavy atom. The zero-order valence-electron chi connectivity index (χ0n) is 12.9. The molecule has 2 aromatic rings. The third-order valence-electron chi connectivity index (χ3n) is 3.82. The summed E-state index contributed by atoms with van der Waals surface area (Å²) in [5.74, 6) is 0.592. The van der Waals surface area contributed by atoms with E-state index in [1.807, 2.05) is 6.07 Å². The highest BCUT2D eigenvalue weighted by molar-refractivity contribution is 7.20. The van der Waals surface area contributed by atoms with Gasteiger partial charge >= 0.3 is 0 Å². The van der Waals surface area contributed by atoms with Crippen LogP contribution in [0.25, 0.3) is 0 Å². The number of hydrogen-bond donors (Lipinski definition) is 1. The number of carbonyl (C=O) groups excluding carboxylic acids is 1. The average molecular weight is 386 g/mol. The Morgan fingerprint density at radius 3 is 2.54 bits per heavy atom. The summed E-state index contributed by atoms with van der Waals surface area (Å²) in [7, 11) is 0. The van der Waals surface area contributed by atoms with Gasteiger partial charge in [-0.3, -0.25) is 9.69 Å². The summed E-state index contributed by atoms with van der Waals surface area (Å²) < 4.78 is 0.943. The number of aromatic nitrogens is 2. The molecule has 1 amide bonds. The van der Waals surface area contributed by atoms with Gasteiger partial charge in [-0.15, -0.1) is 11.3 Å². The molecule has 24 heavy (non-hydrogen) atoms. The van der Waals surface area contributed by atoms with Crippen molar-refractivity contribution in [3.05, 3.63) is 38.8 Å². The van der Waals surface area contributed by atoms with Crippen LogP contribution in [0.1, 0.15) is 10.4 Å². The summed E-state index contributed by atoms with van der Waals surface area (Å²) in [4.78, 5) is 25.1. The highest BCUT2D eigenvalue weighted by Gasteiger charge is 2.19. The third-order valence-corrected chi connectivity index (χ3v) is 5.31. The van der Waals surface area contributed by atoms with Crippen LogP contribution >= 0.6 is 34.5 Å². The molecule has 128 valence electrons. The van der Waals surface area contributed by atoms with Gasteiger partial charge in [0.25, 0.3) is 5.91 Å². The van der Waals surface area contributed by atoms with Crippen molar-refractivity contribution in [3.63, 3.8) is 0 Å². The lowest BCUT2D eigenvalue weighted by Gasteiger charge is -2.34. The first-order chi connectivity index (χ1) is 11.6. The highest BCUT2D eigenvalue weighted by atomic mass is 35.5. The molecule has 0 bridgehead atoms. The largest absolute Gasteiger partial charge is 0.351 e. The Balaban J connectivity index is 1.41. The molecule has 6 nitrogen and oxygen atoms in total. The van der Waals surface area contributed by atoms with Crippen LogP contribution in [-0.4, -0.2) is 60.0 Å². The number of thiophene rings is 1. The Bertz CT molecular complexity index is 688. The Hall–Kier alpha value is -1.41. The van der Waals surface area contributed by atoms with Crippen LogP contribution in [0.15, 0.2) is 24.5 Å². The second-order valence-electron chi connectivity index (χ2n) is 5.37. The number of hydrogen-bond acceptors (Lipinski definition) is 6. The van der Waals surface area contributed by atoms with Crippen molar-refractivity contribution < 1.29 is 4.79 Å². The van der Waals surface area contributed by atoms with E-state index in [0.717, 1.165) is 38.7 Å². The SMILES string of the molecule is O=C(NCCN1CCN(c2ncccn2)CC1)c1cc(Cl)sc1Cl. The van der Waals surface area contributed by atoms with Crippen LogP contribution in [-0.2, 0) is 0 Å². The summed E-state index contributed by atoms with van der Waals surface area (Å²) in [5, 5.41) is 2.89. The van der Waals surface area contributed by atoms with E-state index in [9.17, 15) is 4.79 Å². The van der Waals surface area contributed by atoms with E-state index in [1.165, 1.54) is 11.3 Å². The maximum atomic E-state index is 12.1. The second kappa shape index (κ2) is 8.11. The van der Waals surface area contributed by atoms with E-state index in [0.29, 0.717) is 20.8 Å². The minimum absolute atomic E-state index is 0.181. The van der Waals surface area contributed by atoms with E-state index in [-0.39, 0.29) is 5.91 Å². The van der Waals surface area contributed by atoms with Gasteiger partial charge < -0.3 is 10.2 Å². The van der Waals surface area contributed by atoms with E-state index >= 15 is 0 Å². The fourth-order valence-electron chi connectivity index (χ4n) is 2.54. The van der Waals surface area contributed by atoms with Gasteiger partial charge in [0.2, 0.25) is 5.95 Å². The molecular weight excluding hydrogens is 369 g/mol. The summed E-state index contributed by atoms with van der Waals surface area (Å²) in [6.07, 6.45) is 3.51. The van der Waals surface area contributed by atoms with E-state index in [2.05, 4.69) is 25.1 Å². The molecular formula is C15H17Cl2N5OS. The molecule has 9 heteroatoms. The van der Waals surface area contributed by atoms with Crippen LogP contribution in [0.4, 0.5) is 5.95 Å². The normalized spacial score (nSPS) is 15.5. The lowest BCUT2D eigenvalue weighted by molar-refractivity contribution is 0.0948. The van der Waals surface area contributed by atoms with Crippen LogP contribution in [0.5, 0.6) is 0 Å². The Morgan fingerprint density at radius 2 is 1.92 bits per heavy atom. The molecule has 1 saturated heterocycles. The van der Waals surface area contributed by atoms with Gasteiger partial charge in [-0.25, -0.2) is 9.97 Å². The van der Waals surface area contributed by atoms with Gasteiger partial charge in [0.05, 0.1) is 9.90 Å². The highest BCUT2D eigenvalue weighted by Crippen LogP contribution is 2.30. The van der Waals surface area contributed by atoms with Gasteiger partial charge in [0.1, 0.15) is 4.34 Å². The van der Waals surface area contributed by atoms with Crippen molar-refractivity contribution in [3.8, 4) is 0 Å². The number of nitrogens with zero attached hydrogens (tertiary/aromatic N) is 4. The molecule has 0 radical (unpaired) electrons. The molecule has 0 atom stereocenters. The van der Waals surface area contributed by atoms with Crippen molar-refractivity contribution in [1.82, 2.24) is 20.2 Å². The summed E-state index contributed by atoms with van der Waals surface area (Å²) in [5.41, 5.74) is 0.442. The first-order valence-corrected chi connectivity index (χ1v) is 9.18. The minimum Gasteiger partial charge on any atom is -0.351 e. The van der Waals surface area contributed by atoms with Crippen molar-refractivity contribution in [2.45, 2.75) is 0 Å². The lowest BCUT2D eigenvalue weighted by Crippen LogP contribution is -2.49. The molecule has 2 aromatic heterocycles. The molecule has 0 aliphatic carbocycles. The van der Waals surface area contributed by atoms with E-state index in [1.54, 1.807) is 18.5 Å². The number of nitrogens with one attached hydrogen (secondary N) is 1. The number of piperazine rings is 1. The third kappa shape index (κ3) is 4.36. The van der Waals surface area contributed by atoms with Gasteiger partial charge in [-0.05, 0) is 12.1 Å². The first-order valence-electron chi connectivity index (χ1n) is 7.61. The van der Waals surface area contributed by atoms with Crippen LogP contribution in [0.3, 0.4) is 0 Å². The predicted octanol–water partition coefficient (Wildman–Crippen LogP) is 2.40. The number of amides is 1. The first kappa shape index (κ1) is 17.4. The van der Waals surface area contributed by atoms with Gasteiger partial charge in [0.15, 0.2) is 0 Å². The second-order valence-corrected chi connectivity index (χ2v) is 7.66. The lowest BCUT2D eigenvalue weighted by atomic mass is 10.3. The Labute approximate surface area is 154 Å². The quantitative estimate of drug-likeness (QED) is 0.855. The molecule has 1 N–H and O–H groups in total. The standard InChI is InChI=1S/C15H17Cl2N5OS/c16-12-10-11(13(17)24-12)14(23)18-4-5-21-6-8-22(9-7-21)15-19-2-1-3-20-15/h1-3,10H,4-9H2,(H,18,23). The fourth-order valence-corrected chi connectivity index (χ4v) is 4.00. The predicted molar refractivity (Wildman–Crippen MR) is 97.4 cm³/mol. The maximum absolute atomic E-state index is 12.1. The van der Waals surface area contributed by atoms with Gasteiger partial charge in [0, 0.05) is 51.7 Å². The Kier molecular flexibility index (Phi) is 5.89. The van der Waals surface area contributed by atoms with Crippen LogP contribution in [0, 0.1) is 0 Å². The topological polar surface area (TPSA) is 61.4 Å². The summed E-state index contributed by atoms with van der Waals surface area (Å²) >= 11 is 13.0. The van der Waals surface area contributed by atoms with Crippen molar-refractivity contribution >= 4 is 46.4 Å². The van der Waals surface area contributed by atoms with Crippen LogP contribution < -0.4 is 10.2 Å². The number of halogens is 2. The molecule has 1 aliphatic heterocycles. The van der Waals surface area contributed by atoms with E-state index in [4.69, 9.17) is 23.2 Å². The van der Waals surface area contributed by atoms with E-state index < -0.39 is 0 Å². The number of rotatable bonds is 5. The van der Waals surface area contributed by atoms with Gasteiger partial charge in [-0.2, -0.15) is 0 Å². The van der Waals surface area contributed by atoms with Gasteiger partial charge in [-0.1, -0.05) is 23.2 Å². The smallest absolute Gasteiger partial charge is 0.253 e. The molecule has 0 spiro atoms. The summed E-state index contributed by atoms with van der Waals surface area (Å²) in [6.45, 7) is 4.96. The molecule has 1 aliphatic rings. The minimum atomic E-state index is -0.181. The molecule has 1 fully saturated rings. The molecule has 3 rings (SSSR count). The van der Waals surface area contributed by atoms with Crippen molar-refractivity contribution in [1.29, 1.82) is 0 Å². The molecule has 0 saturated carbocycles. The van der Waals surface area contributed by atoms with Crippen molar-refractivity contribution in [2.24, 2.45) is 0 Å². The number of carbonyl (C=O) groups is 1. The summed E-state index contributed by atoms with van der Waals surface area (Å²) in [6, 6.07) is 3.41. The van der Waals surface area contributed by atoms with Crippen molar-refractivity contribution in [2.75, 3.05) is 44.2 Å². The number of anilines is 1. The fraction of sp³-hybridized carbons (Fsp3) is 0.400. The monoisotopic (exact) mass is 385 g/mol. The maximum Gasteiger partial charge on any atom is 0.253 e. The average Bonchev–Trinajstić information content (AvgIpc) is 2.95. The zero-order valence-corrected chi connectivity index (χ0v) is 15.2.